The van der Waals surface area contributed by atoms with E-state index in [2.05, 4.69) is 21.6 Å². The first-order valence-corrected chi connectivity index (χ1v) is 11.6. The van der Waals surface area contributed by atoms with Gasteiger partial charge in [-0.05, 0) is 42.1 Å². The highest BCUT2D eigenvalue weighted by atomic mass is 32.2. The Hall–Kier alpha value is -3.61. The molecule has 0 aliphatic carbocycles. The van der Waals surface area contributed by atoms with E-state index in [9.17, 15) is 4.79 Å². The molecule has 4 aromatic rings. The number of nitrogens with one attached hydrogen (secondary N) is 1. The summed E-state index contributed by atoms with van der Waals surface area (Å²) < 4.78 is 7.87. The van der Waals surface area contributed by atoms with Crippen LogP contribution in [0.3, 0.4) is 0 Å². The van der Waals surface area contributed by atoms with Gasteiger partial charge in [-0.1, -0.05) is 48.2 Å². The molecular formula is C23H19N5O2S2. The molecule has 0 aliphatic heterocycles. The number of nitrogens with zero attached hydrogens (tertiary/aromatic N) is 4. The number of rotatable bonds is 8. The number of carbonyl (C=O) groups is 1. The molecule has 0 aliphatic rings. The maximum Gasteiger partial charge on any atom is 0.235 e. The molecule has 32 heavy (non-hydrogen) atoms. The Bertz CT molecular complexity index is 1260. The number of thiophene rings is 1. The molecule has 0 spiro atoms. The van der Waals surface area contributed by atoms with Gasteiger partial charge in [0.1, 0.15) is 23.4 Å². The van der Waals surface area contributed by atoms with Gasteiger partial charge >= 0.3 is 0 Å². The predicted octanol–water partition coefficient (Wildman–Crippen LogP) is 4.82. The molecule has 2 aromatic heterocycles. The Kier molecular flexibility index (Phi) is 6.84. The van der Waals surface area contributed by atoms with E-state index in [1.807, 2.05) is 66.1 Å². The number of para-hydroxylation sites is 2. The number of benzene rings is 2. The number of carbonyl (C=O) groups excluding carboxylic acids is 1. The van der Waals surface area contributed by atoms with Crippen LogP contribution in [0.1, 0.15) is 17.0 Å². The highest BCUT2D eigenvalue weighted by molar-refractivity contribution is 7.99. The minimum atomic E-state index is -0.214. The van der Waals surface area contributed by atoms with E-state index in [-0.39, 0.29) is 18.3 Å². The van der Waals surface area contributed by atoms with Crippen LogP contribution in [0.15, 0.2) is 71.2 Å². The molecule has 1 N–H and O–H groups in total. The second kappa shape index (κ2) is 10.1. The number of hydrogen-bond acceptors (Lipinski definition) is 7. The Balaban J connectivity index is 1.51. The lowest BCUT2D eigenvalue weighted by atomic mass is 10.2. The molecule has 2 heterocycles. The van der Waals surface area contributed by atoms with E-state index < -0.39 is 0 Å². The number of aryl methyl sites for hydroxylation is 1. The maximum atomic E-state index is 12.4. The van der Waals surface area contributed by atoms with Crippen molar-refractivity contribution < 1.29 is 9.53 Å². The van der Waals surface area contributed by atoms with Crippen molar-refractivity contribution in [3.63, 3.8) is 0 Å². The van der Waals surface area contributed by atoms with Crippen molar-refractivity contribution in [1.29, 1.82) is 5.26 Å². The highest BCUT2D eigenvalue weighted by Gasteiger charge is 2.17. The molecule has 4 rings (SSSR count). The van der Waals surface area contributed by atoms with Crippen molar-refractivity contribution in [1.82, 2.24) is 14.8 Å². The van der Waals surface area contributed by atoms with Crippen molar-refractivity contribution >= 4 is 34.0 Å². The molecule has 0 atom stereocenters. The lowest BCUT2D eigenvalue weighted by molar-refractivity contribution is -0.113. The fourth-order valence-electron chi connectivity index (χ4n) is 2.97. The second-order valence-corrected chi connectivity index (χ2v) is 8.59. The van der Waals surface area contributed by atoms with Gasteiger partial charge in [-0.25, -0.2) is 0 Å². The number of thioether (sulfide) groups is 1. The van der Waals surface area contributed by atoms with Gasteiger partial charge in [0.2, 0.25) is 5.91 Å². The van der Waals surface area contributed by atoms with E-state index >= 15 is 0 Å². The normalized spacial score (nSPS) is 10.5. The van der Waals surface area contributed by atoms with Gasteiger partial charge in [0.25, 0.3) is 0 Å². The third-order valence-electron chi connectivity index (χ3n) is 4.54. The van der Waals surface area contributed by atoms with Gasteiger partial charge in [-0.3, -0.25) is 9.36 Å². The van der Waals surface area contributed by atoms with Crippen LogP contribution in [-0.4, -0.2) is 26.4 Å². The first-order valence-electron chi connectivity index (χ1n) is 9.74. The zero-order valence-electron chi connectivity index (χ0n) is 17.2. The van der Waals surface area contributed by atoms with Gasteiger partial charge in [0.15, 0.2) is 11.0 Å². The van der Waals surface area contributed by atoms with Crippen molar-refractivity contribution in [3.8, 4) is 17.5 Å². The van der Waals surface area contributed by atoms with Gasteiger partial charge in [0.05, 0.1) is 11.3 Å². The van der Waals surface area contributed by atoms with E-state index in [0.29, 0.717) is 21.5 Å². The standard InChI is InChI=1S/C23H19N5O2S2/c1-16-7-5-6-10-19(16)30-14-20-26-27-23(28(20)18-8-3-2-4-9-18)32-15-21(29)25-22-17(13-24)11-12-31-22/h2-12H,14-15H2,1H3,(H,25,29). The number of nitriles is 1. The zero-order chi connectivity index (χ0) is 22.3. The summed E-state index contributed by atoms with van der Waals surface area (Å²) in [7, 11) is 0. The summed E-state index contributed by atoms with van der Waals surface area (Å²) >= 11 is 2.59. The van der Waals surface area contributed by atoms with Gasteiger partial charge in [-0.2, -0.15) is 5.26 Å². The molecule has 2 aromatic carbocycles. The average molecular weight is 462 g/mol. The SMILES string of the molecule is Cc1ccccc1OCc1nnc(SCC(=O)Nc2sccc2C#N)n1-c1ccccc1. The Morgan fingerprint density at radius 1 is 1.16 bits per heavy atom. The third-order valence-corrected chi connectivity index (χ3v) is 6.29. The summed E-state index contributed by atoms with van der Waals surface area (Å²) in [6.45, 7) is 2.22. The van der Waals surface area contributed by atoms with Crippen LogP contribution in [0.4, 0.5) is 5.00 Å². The smallest absolute Gasteiger partial charge is 0.235 e. The first kappa shape index (κ1) is 21.6. The molecule has 7 nitrogen and oxygen atoms in total. The Morgan fingerprint density at radius 2 is 1.94 bits per heavy atom. The molecular weight excluding hydrogens is 442 g/mol. The minimum Gasteiger partial charge on any atom is -0.485 e. The second-order valence-electron chi connectivity index (χ2n) is 6.74. The minimum absolute atomic E-state index is 0.131. The van der Waals surface area contributed by atoms with Gasteiger partial charge < -0.3 is 10.1 Å². The lowest BCUT2D eigenvalue weighted by Gasteiger charge is -2.12. The molecule has 0 saturated carbocycles. The predicted molar refractivity (Wildman–Crippen MR) is 125 cm³/mol. The quantitative estimate of drug-likeness (QED) is 0.378. The van der Waals surface area contributed by atoms with Crippen molar-refractivity contribution in [2.24, 2.45) is 0 Å². The molecule has 0 radical (unpaired) electrons. The number of aromatic nitrogens is 3. The summed E-state index contributed by atoms with van der Waals surface area (Å²) in [5.41, 5.74) is 2.38. The highest BCUT2D eigenvalue weighted by Crippen LogP contribution is 2.26. The molecule has 1 amide bonds. The number of anilines is 1. The van der Waals surface area contributed by atoms with E-state index in [4.69, 9.17) is 10.00 Å². The molecule has 9 heteroatoms. The summed E-state index contributed by atoms with van der Waals surface area (Å²) in [5, 5.41) is 23.4. The summed E-state index contributed by atoms with van der Waals surface area (Å²) in [5.74, 6) is 1.33. The van der Waals surface area contributed by atoms with Crippen LogP contribution >= 0.6 is 23.1 Å². The summed E-state index contributed by atoms with van der Waals surface area (Å²) in [4.78, 5) is 12.4. The van der Waals surface area contributed by atoms with Crippen molar-refractivity contribution in [3.05, 3.63) is 83.0 Å². The zero-order valence-corrected chi connectivity index (χ0v) is 18.8. The largest absolute Gasteiger partial charge is 0.485 e. The fourth-order valence-corrected chi connectivity index (χ4v) is 4.50. The summed E-state index contributed by atoms with van der Waals surface area (Å²) in [6, 6.07) is 21.3. The Morgan fingerprint density at radius 3 is 2.72 bits per heavy atom. The first-order chi connectivity index (χ1) is 15.7. The maximum absolute atomic E-state index is 12.4. The molecule has 0 fully saturated rings. The van der Waals surface area contributed by atoms with Crippen LogP contribution in [0, 0.1) is 18.3 Å². The van der Waals surface area contributed by atoms with Gasteiger partial charge in [-0.15, -0.1) is 21.5 Å². The van der Waals surface area contributed by atoms with Crippen molar-refractivity contribution in [2.45, 2.75) is 18.7 Å². The van der Waals surface area contributed by atoms with Crippen LogP contribution in [0.2, 0.25) is 0 Å². The number of ether oxygens (including phenoxy) is 1. The third kappa shape index (κ3) is 4.99. The summed E-state index contributed by atoms with van der Waals surface area (Å²) in [6.07, 6.45) is 0. The average Bonchev–Trinajstić information content (AvgIpc) is 3.44. The Labute approximate surface area is 193 Å². The van der Waals surface area contributed by atoms with Crippen LogP contribution < -0.4 is 10.1 Å². The number of hydrogen-bond donors (Lipinski definition) is 1. The van der Waals surface area contributed by atoms with Gasteiger partial charge in [0, 0.05) is 5.69 Å². The fraction of sp³-hybridized carbons (Fsp3) is 0.130. The number of amides is 1. The van der Waals surface area contributed by atoms with E-state index in [1.165, 1.54) is 23.1 Å². The monoisotopic (exact) mass is 461 g/mol. The van der Waals surface area contributed by atoms with E-state index in [0.717, 1.165) is 17.0 Å². The lowest BCUT2D eigenvalue weighted by Crippen LogP contribution is -2.14. The molecule has 160 valence electrons. The molecule has 0 bridgehead atoms. The topological polar surface area (TPSA) is 92.8 Å². The molecule has 0 saturated heterocycles. The van der Waals surface area contributed by atoms with Crippen LogP contribution in [0.25, 0.3) is 5.69 Å². The van der Waals surface area contributed by atoms with Crippen LogP contribution in [0.5, 0.6) is 5.75 Å². The molecule has 0 unspecified atom stereocenters. The van der Waals surface area contributed by atoms with Crippen LogP contribution in [-0.2, 0) is 11.4 Å². The van der Waals surface area contributed by atoms with Crippen molar-refractivity contribution in [2.75, 3.05) is 11.1 Å². The van der Waals surface area contributed by atoms with E-state index in [1.54, 1.807) is 11.4 Å².